The van der Waals surface area contributed by atoms with Crippen molar-refractivity contribution in [2.75, 3.05) is 13.7 Å². The van der Waals surface area contributed by atoms with Gasteiger partial charge < -0.3 is 4.74 Å². The highest BCUT2D eigenvalue weighted by Crippen LogP contribution is 2.21. The highest BCUT2D eigenvalue weighted by atomic mass is 19.1. The Balaban J connectivity index is 1.55. The number of hydrogen-bond acceptors (Lipinski definition) is 2. The number of aromatic nitrogens is 1. The Bertz CT molecular complexity index is 1250. The average molecular weight is 399 g/mol. The summed E-state index contributed by atoms with van der Waals surface area (Å²) in [5, 5.41) is 1.69. The monoisotopic (exact) mass is 399 g/mol. The maximum Gasteiger partial charge on any atom is 0.139 e. The summed E-state index contributed by atoms with van der Waals surface area (Å²) in [5.74, 6) is 5.20. The summed E-state index contributed by atoms with van der Waals surface area (Å²) in [4.78, 5) is 4.42. The molecule has 0 bridgehead atoms. The lowest BCUT2D eigenvalue weighted by atomic mass is 10.1. The van der Waals surface area contributed by atoms with Crippen molar-refractivity contribution < 1.29 is 13.5 Å². The van der Waals surface area contributed by atoms with E-state index in [9.17, 15) is 8.78 Å². The van der Waals surface area contributed by atoms with Gasteiger partial charge in [0, 0.05) is 24.4 Å². The lowest BCUT2D eigenvalue weighted by molar-refractivity contribution is 0.202. The molecule has 2 nitrogen and oxygen atoms in total. The molecule has 0 aliphatic heterocycles. The second-order valence-electron chi connectivity index (χ2n) is 6.95. The highest BCUT2D eigenvalue weighted by molar-refractivity contribution is 5.84. The molecule has 3 aromatic carbocycles. The molecule has 0 atom stereocenters. The molecule has 4 aromatic rings. The highest BCUT2D eigenvalue weighted by Gasteiger charge is 2.05. The number of benzene rings is 3. The van der Waals surface area contributed by atoms with E-state index in [2.05, 4.69) is 16.8 Å². The Morgan fingerprint density at radius 1 is 0.867 bits per heavy atom. The molecule has 1 heterocycles. The van der Waals surface area contributed by atoms with Crippen LogP contribution in [0.25, 0.3) is 22.0 Å². The fraction of sp³-hybridized carbons (Fsp3) is 0.115. The van der Waals surface area contributed by atoms with E-state index in [4.69, 9.17) is 4.74 Å². The number of halogens is 2. The second-order valence-corrected chi connectivity index (χ2v) is 6.95. The number of ether oxygens (including phenoxy) is 1. The van der Waals surface area contributed by atoms with E-state index in [0.29, 0.717) is 23.4 Å². The van der Waals surface area contributed by atoms with Crippen molar-refractivity contribution in [3.05, 3.63) is 101 Å². The zero-order valence-corrected chi connectivity index (χ0v) is 16.5. The number of nitrogens with zero attached hydrogens (tertiary/aromatic N) is 1. The molecule has 0 saturated carbocycles. The molecular formula is C26H19F2NO. The van der Waals surface area contributed by atoms with Gasteiger partial charge in [0.25, 0.3) is 0 Å². The van der Waals surface area contributed by atoms with Gasteiger partial charge in [0.15, 0.2) is 0 Å². The minimum absolute atomic E-state index is 0.275. The van der Waals surface area contributed by atoms with Gasteiger partial charge in [-0.05, 0) is 65.2 Å². The Morgan fingerprint density at radius 2 is 1.70 bits per heavy atom. The normalized spacial score (nSPS) is 10.6. The topological polar surface area (TPSA) is 22.1 Å². The van der Waals surface area contributed by atoms with Crippen molar-refractivity contribution in [2.24, 2.45) is 0 Å². The summed E-state index contributed by atoms with van der Waals surface area (Å²) in [7, 11) is 1.66. The fourth-order valence-corrected chi connectivity index (χ4v) is 3.17. The summed E-state index contributed by atoms with van der Waals surface area (Å²) in [6.07, 6.45) is 2.57. The molecule has 0 radical (unpaired) electrons. The van der Waals surface area contributed by atoms with Gasteiger partial charge in [-0.2, -0.15) is 0 Å². The summed E-state index contributed by atoms with van der Waals surface area (Å²) in [6.45, 7) is 0.636. The first-order valence-corrected chi connectivity index (χ1v) is 9.57. The first-order valence-electron chi connectivity index (χ1n) is 9.57. The molecular weight excluding hydrogens is 380 g/mol. The van der Waals surface area contributed by atoms with Crippen LogP contribution >= 0.6 is 0 Å². The smallest absolute Gasteiger partial charge is 0.139 e. The Hall–Kier alpha value is -3.55. The molecule has 0 N–H and O–H groups in total. The molecule has 0 spiro atoms. The van der Waals surface area contributed by atoms with Gasteiger partial charge in [-0.3, -0.25) is 4.98 Å². The first kappa shape index (κ1) is 19.8. The van der Waals surface area contributed by atoms with Gasteiger partial charge in [-0.15, -0.1) is 0 Å². The number of hydrogen-bond donors (Lipinski definition) is 0. The van der Waals surface area contributed by atoms with Crippen molar-refractivity contribution in [2.45, 2.75) is 6.42 Å². The van der Waals surface area contributed by atoms with E-state index in [1.165, 1.54) is 18.2 Å². The summed E-state index contributed by atoms with van der Waals surface area (Å²) >= 11 is 0. The molecule has 148 valence electrons. The van der Waals surface area contributed by atoms with Crippen molar-refractivity contribution in [1.29, 1.82) is 0 Å². The van der Waals surface area contributed by atoms with Gasteiger partial charge in [-0.25, -0.2) is 8.78 Å². The molecule has 0 unspecified atom stereocenters. The third-order valence-corrected chi connectivity index (χ3v) is 4.83. The van der Waals surface area contributed by atoms with E-state index in [1.54, 1.807) is 31.5 Å². The Labute approximate surface area is 174 Å². The van der Waals surface area contributed by atoms with Gasteiger partial charge in [-0.1, -0.05) is 36.1 Å². The second kappa shape index (κ2) is 8.86. The van der Waals surface area contributed by atoms with Crippen molar-refractivity contribution in [1.82, 2.24) is 4.98 Å². The molecule has 0 saturated heterocycles. The van der Waals surface area contributed by atoms with Crippen LogP contribution in [0.2, 0.25) is 0 Å². The van der Waals surface area contributed by atoms with Crippen LogP contribution in [0.1, 0.15) is 16.7 Å². The van der Waals surface area contributed by atoms with Gasteiger partial charge in [0.1, 0.15) is 11.6 Å². The summed E-state index contributed by atoms with van der Waals surface area (Å²) in [6, 6.07) is 18.8. The van der Waals surface area contributed by atoms with Gasteiger partial charge >= 0.3 is 0 Å². The molecule has 4 heteroatoms. The maximum atomic E-state index is 14.6. The summed E-state index contributed by atoms with van der Waals surface area (Å²) < 4.78 is 33.0. The zero-order valence-electron chi connectivity index (χ0n) is 16.5. The van der Waals surface area contributed by atoms with E-state index in [-0.39, 0.29) is 5.82 Å². The molecule has 30 heavy (non-hydrogen) atoms. The predicted octanol–water partition coefficient (Wildman–Crippen LogP) is 5.77. The lowest BCUT2D eigenvalue weighted by Crippen LogP contribution is -1.95. The summed E-state index contributed by atoms with van der Waals surface area (Å²) in [5.41, 5.74) is 3.53. The maximum absolute atomic E-state index is 14.6. The third kappa shape index (κ3) is 4.53. The van der Waals surface area contributed by atoms with Crippen LogP contribution < -0.4 is 0 Å². The lowest BCUT2D eigenvalue weighted by Gasteiger charge is -2.05. The van der Waals surface area contributed by atoms with Crippen LogP contribution in [0.5, 0.6) is 0 Å². The van der Waals surface area contributed by atoms with Crippen molar-refractivity contribution in [3.63, 3.8) is 0 Å². The minimum atomic E-state index is -0.395. The SMILES string of the molecule is COCCc1ccc(-c2ccc(C#Cc3ccc4cc(F)ccc4c3)c(F)c2)nc1. The fourth-order valence-electron chi connectivity index (χ4n) is 3.17. The van der Waals surface area contributed by atoms with Crippen LogP contribution in [0.4, 0.5) is 8.78 Å². The van der Waals surface area contributed by atoms with Gasteiger partial charge in [0.2, 0.25) is 0 Å². The quantitative estimate of drug-likeness (QED) is 0.407. The van der Waals surface area contributed by atoms with Crippen LogP contribution in [-0.4, -0.2) is 18.7 Å². The van der Waals surface area contributed by atoms with Crippen molar-refractivity contribution in [3.8, 4) is 23.1 Å². The van der Waals surface area contributed by atoms with Crippen LogP contribution in [0, 0.1) is 23.5 Å². The number of pyridine rings is 1. The van der Waals surface area contributed by atoms with E-state index < -0.39 is 5.82 Å². The standard InChI is InChI=1S/C26H19F2NO/c1-30-13-12-19-4-11-26(29-17-19)23-8-7-20(25(28)16-23)5-2-18-3-6-22-15-24(27)10-9-21(22)14-18/h3-4,6-11,14-17H,12-13H2,1H3. The third-order valence-electron chi connectivity index (χ3n) is 4.83. The largest absolute Gasteiger partial charge is 0.384 e. The van der Waals surface area contributed by atoms with Crippen molar-refractivity contribution >= 4 is 10.8 Å². The van der Waals surface area contributed by atoms with E-state index in [1.807, 2.05) is 30.3 Å². The molecule has 0 amide bonds. The van der Waals surface area contributed by atoms with E-state index in [0.717, 1.165) is 28.3 Å². The number of fused-ring (bicyclic) bond motifs is 1. The first-order chi connectivity index (χ1) is 14.6. The van der Waals surface area contributed by atoms with Crippen LogP contribution in [0.3, 0.4) is 0 Å². The molecule has 4 rings (SSSR count). The van der Waals surface area contributed by atoms with Crippen LogP contribution in [0.15, 0.2) is 72.9 Å². The van der Waals surface area contributed by atoms with E-state index >= 15 is 0 Å². The molecule has 0 fully saturated rings. The molecule has 1 aromatic heterocycles. The Morgan fingerprint density at radius 3 is 2.47 bits per heavy atom. The Kier molecular flexibility index (Phi) is 5.83. The number of rotatable bonds is 4. The predicted molar refractivity (Wildman–Crippen MR) is 115 cm³/mol. The average Bonchev–Trinajstić information content (AvgIpc) is 2.77. The zero-order chi connectivity index (χ0) is 20.9. The minimum Gasteiger partial charge on any atom is -0.384 e. The van der Waals surface area contributed by atoms with Gasteiger partial charge in [0.05, 0.1) is 17.9 Å². The van der Waals surface area contributed by atoms with Crippen LogP contribution in [-0.2, 0) is 11.2 Å². The molecule has 0 aliphatic carbocycles. The number of methoxy groups -OCH3 is 1. The molecule has 0 aliphatic rings.